The molecule has 5 nitrogen and oxygen atoms in total. The van der Waals surface area contributed by atoms with Gasteiger partial charge in [0.1, 0.15) is 10.7 Å². The molecule has 2 heterocycles. The molecule has 3 N–H and O–H groups in total. The third kappa shape index (κ3) is 3.32. The van der Waals surface area contributed by atoms with Crippen molar-refractivity contribution in [2.75, 3.05) is 0 Å². The molecule has 2 aromatic heterocycles. The summed E-state index contributed by atoms with van der Waals surface area (Å²) in [6.07, 6.45) is 0.882. The first-order valence-electron chi connectivity index (χ1n) is 6.01. The normalized spacial score (nSPS) is 11.9. The summed E-state index contributed by atoms with van der Waals surface area (Å²) in [5.74, 6) is 0.419. The molecule has 0 aliphatic carbocycles. The second kappa shape index (κ2) is 6.40. The first kappa shape index (κ1) is 15.7. The van der Waals surface area contributed by atoms with Crippen molar-refractivity contribution in [3.8, 4) is 0 Å². The Morgan fingerprint density at radius 1 is 1.50 bits per heavy atom. The maximum absolute atomic E-state index is 12.2. The average molecular weight is 379 g/mol. The fourth-order valence-electron chi connectivity index (χ4n) is 1.76. The van der Waals surface area contributed by atoms with Crippen molar-refractivity contribution in [1.82, 2.24) is 4.72 Å². The lowest BCUT2D eigenvalue weighted by Gasteiger charge is -2.05. The Balaban J connectivity index is 2.17. The molecule has 8 heteroatoms. The summed E-state index contributed by atoms with van der Waals surface area (Å²) in [5.41, 5.74) is 6.60. The highest BCUT2D eigenvalue weighted by Gasteiger charge is 2.22. The Hall–Kier alpha value is -0.670. The molecule has 2 aromatic rings. The van der Waals surface area contributed by atoms with Gasteiger partial charge in [0, 0.05) is 17.5 Å². The van der Waals surface area contributed by atoms with Gasteiger partial charge in [-0.1, -0.05) is 6.92 Å². The quantitative estimate of drug-likeness (QED) is 0.808. The van der Waals surface area contributed by atoms with Gasteiger partial charge in [-0.15, -0.1) is 11.3 Å². The van der Waals surface area contributed by atoms with Gasteiger partial charge in [-0.25, -0.2) is 13.1 Å². The molecule has 0 unspecified atom stereocenters. The Morgan fingerprint density at radius 3 is 2.85 bits per heavy atom. The molecular weight excluding hydrogens is 364 g/mol. The van der Waals surface area contributed by atoms with Gasteiger partial charge >= 0.3 is 0 Å². The van der Waals surface area contributed by atoms with Crippen LogP contribution in [0.2, 0.25) is 0 Å². The lowest BCUT2D eigenvalue weighted by molar-refractivity contribution is 0.483. The van der Waals surface area contributed by atoms with E-state index in [1.807, 2.05) is 18.4 Å². The summed E-state index contributed by atoms with van der Waals surface area (Å²) in [7, 11) is -3.62. The molecular formula is C12H15BrN2O3S2. The molecule has 20 heavy (non-hydrogen) atoms. The molecule has 110 valence electrons. The fraction of sp³-hybridized carbons (Fsp3) is 0.333. The number of nitrogens with two attached hydrogens (primary N) is 1. The van der Waals surface area contributed by atoms with Crippen molar-refractivity contribution in [1.29, 1.82) is 0 Å². The second-order valence-corrected chi connectivity index (χ2v) is 7.56. The highest BCUT2D eigenvalue weighted by Crippen LogP contribution is 2.26. The number of furan rings is 1. The van der Waals surface area contributed by atoms with Gasteiger partial charge in [0.2, 0.25) is 10.0 Å². The molecule has 0 saturated carbocycles. The van der Waals surface area contributed by atoms with Crippen molar-refractivity contribution >= 4 is 37.3 Å². The maximum Gasteiger partial charge on any atom is 0.245 e. The molecule has 0 saturated heterocycles. The summed E-state index contributed by atoms with van der Waals surface area (Å²) >= 11 is 4.64. The second-order valence-electron chi connectivity index (χ2n) is 4.10. The predicted molar refractivity (Wildman–Crippen MR) is 82.0 cm³/mol. The van der Waals surface area contributed by atoms with Crippen molar-refractivity contribution in [3.63, 3.8) is 0 Å². The van der Waals surface area contributed by atoms with E-state index >= 15 is 0 Å². The van der Waals surface area contributed by atoms with Gasteiger partial charge in [0.05, 0.1) is 6.54 Å². The molecule has 0 aliphatic heterocycles. The van der Waals surface area contributed by atoms with Crippen LogP contribution < -0.4 is 10.5 Å². The zero-order valence-corrected chi connectivity index (χ0v) is 14.1. The van der Waals surface area contributed by atoms with Crippen LogP contribution in [0.25, 0.3) is 0 Å². The smallest absolute Gasteiger partial charge is 0.245 e. The summed E-state index contributed by atoms with van der Waals surface area (Å²) < 4.78 is 32.4. The Kier molecular flexibility index (Phi) is 5.03. The number of thiophene rings is 1. The number of halogens is 1. The minimum absolute atomic E-state index is 0.0764. The van der Waals surface area contributed by atoms with E-state index in [1.165, 1.54) is 6.07 Å². The predicted octanol–water partition coefficient (Wildman–Crippen LogP) is 2.60. The molecule has 0 spiro atoms. The number of hydrogen-bond donors (Lipinski definition) is 2. The van der Waals surface area contributed by atoms with E-state index in [4.69, 9.17) is 10.2 Å². The number of rotatable bonds is 6. The van der Waals surface area contributed by atoms with Gasteiger partial charge in [0.15, 0.2) is 4.67 Å². The molecule has 2 rings (SSSR count). The van der Waals surface area contributed by atoms with Gasteiger partial charge in [-0.05, 0) is 39.4 Å². The fourth-order valence-corrected chi connectivity index (χ4v) is 4.76. The highest BCUT2D eigenvalue weighted by atomic mass is 79.9. The lowest BCUT2D eigenvalue weighted by Crippen LogP contribution is -2.23. The number of nitrogens with one attached hydrogen (secondary N) is 1. The molecule has 0 fully saturated rings. The Labute approximate surface area is 130 Å². The zero-order valence-electron chi connectivity index (χ0n) is 10.8. The van der Waals surface area contributed by atoms with Crippen LogP contribution in [0.5, 0.6) is 0 Å². The molecule has 0 aliphatic rings. The van der Waals surface area contributed by atoms with Gasteiger partial charge in [-0.3, -0.25) is 0 Å². The van der Waals surface area contributed by atoms with Crippen LogP contribution in [-0.4, -0.2) is 8.42 Å². The van der Waals surface area contributed by atoms with Crippen LogP contribution >= 0.6 is 27.3 Å². The summed E-state index contributed by atoms with van der Waals surface area (Å²) in [5, 5.41) is 1.96. The monoisotopic (exact) mass is 378 g/mol. The zero-order chi connectivity index (χ0) is 14.8. The summed E-state index contributed by atoms with van der Waals surface area (Å²) in [6, 6.07) is 3.44. The van der Waals surface area contributed by atoms with Crippen molar-refractivity contribution in [2.24, 2.45) is 5.73 Å². The van der Waals surface area contributed by atoms with Gasteiger partial charge < -0.3 is 10.2 Å². The van der Waals surface area contributed by atoms with Crippen LogP contribution in [0.3, 0.4) is 0 Å². The largest absolute Gasteiger partial charge is 0.452 e. The minimum atomic E-state index is -3.62. The number of hydrogen-bond acceptors (Lipinski definition) is 5. The highest BCUT2D eigenvalue weighted by molar-refractivity contribution is 9.10. The van der Waals surface area contributed by atoms with Crippen LogP contribution in [0.1, 0.15) is 23.1 Å². The van der Waals surface area contributed by atoms with Crippen LogP contribution in [0, 0.1) is 0 Å². The first-order valence-corrected chi connectivity index (χ1v) is 9.16. The van der Waals surface area contributed by atoms with Crippen molar-refractivity contribution in [3.05, 3.63) is 38.4 Å². The topological polar surface area (TPSA) is 85.3 Å². The number of sulfonamides is 1. The van der Waals surface area contributed by atoms with Gasteiger partial charge in [-0.2, -0.15) is 0 Å². The standard InChI is InChI=1S/C12H15BrN2O3S2/c1-2-8-3-4-19-10(8)7-15-20(16,17)11-5-9(6-14)18-12(11)13/h3-5,15H,2,6-7,14H2,1H3. The van der Waals surface area contributed by atoms with Crippen LogP contribution in [-0.2, 0) is 29.5 Å². The van der Waals surface area contributed by atoms with E-state index in [2.05, 4.69) is 20.7 Å². The van der Waals surface area contributed by atoms with E-state index in [9.17, 15) is 8.42 Å². The molecule has 0 radical (unpaired) electrons. The summed E-state index contributed by atoms with van der Waals surface area (Å²) in [4.78, 5) is 1.10. The molecule has 0 aromatic carbocycles. The average Bonchev–Trinajstić information content (AvgIpc) is 3.02. The van der Waals surface area contributed by atoms with E-state index in [0.29, 0.717) is 5.76 Å². The van der Waals surface area contributed by atoms with E-state index in [1.54, 1.807) is 11.3 Å². The first-order chi connectivity index (χ1) is 9.47. The van der Waals surface area contributed by atoms with Crippen molar-refractivity contribution < 1.29 is 12.8 Å². The minimum Gasteiger partial charge on any atom is -0.452 e. The summed E-state index contributed by atoms with van der Waals surface area (Å²) in [6.45, 7) is 2.47. The molecule has 0 bridgehead atoms. The van der Waals surface area contributed by atoms with E-state index in [0.717, 1.165) is 16.9 Å². The Bertz CT molecular complexity index is 691. The van der Waals surface area contributed by atoms with Gasteiger partial charge in [0.25, 0.3) is 0 Å². The van der Waals surface area contributed by atoms with Crippen LogP contribution in [0.4, 0.5) is 0 Å². The third-order valence-corrected chi connectivity index (χ3v) is 6.06. The van der Waals surface area contributed by atoms with Crippen LogP contribution in [0.15, 0.2) is 31.5 Å². The molecule has 0 amide bonds. The SMILES string of the molecule is CCc1ccsc1CNS(=O)(=O)c1cc(CN)oc1Br. The van der Waals surface area contributed by atoms with E-state index < -0.39 is 10.0 Å². The lowest BCUT2D eigenvalue weighted by atomic mass is 10.2. The van der Waals surface area contributed by atoms with E-state index in [-0.39, 0.29) is 22.7 Å². The van der Waals surface area contributed by atoms with Crippen molar-refractivity contribution in [2.45, 2.75) is 31.3 Å². The number of aryl methyl sites for hydroxylation is 1. The molecule has 0 atom stereocenters. The maximum atomic E-state index is 12.2. The Morgan fingerprint density at radius 2 is 2.25 bits per heavy atom. The third-order valence-electron chi connectivity index (χ3n) is 2.84.